The Morgan fingerprint density at radius 3 is 2.31 bits per heavy atom. The highest BCUT2D eigenvalue weighted by atomic mass is 35.5. The van der Waals surface area contributed by atoms with Crippen molar-refractivity contribution in [3.63, 3.8) is 0 Å². The van der Waals surface area contributed by atoms with E-state index in [1.165, 1.54) is 0 Å². The van der Waals surface area contributed by atoms with E-state index < -0.39 is 5.97 Å². The number of carboxylic acids is 1. The molecule has 4 rings (SSSR count). The summed E-state index contributed by atoms with van der Waals surface area (Å²) in [5, 5.41) is 11.2. The number of halogens is 1. The van der Waals surface area contributed by atoms with Crippen molar-refractivity contribution in [1.29, 1.82) is 0 Å². The third-order valence-corrected chi connectivity index (χ3v) is 4.96. The van der Waals surface area contributed by atoms with Gasteiger partial charge >= 0.3 is 5.97 Å². The van der Waals surface area contributed by atoms with Gasteiger partial charge in [-0.1, -0.05) is 29.8 Å². The standard InChI is InChI=1S/C20H18ClN3O2/c21-15-5-7-16(8-6-15)23-9-11-24(12-10-23)19-17(20(25)26)13-14-3-1-2-4-18(14)22-19/h1-8,13H,9-12H2,(H,25,26). The number of aromatic carboxylic acids is 1. The number of carbonyl (C=O) groups is 1. The second-order valence-electron chi connectivity index (χ2n) is 6.31. The van der Waals surface area contributed by atoms with E-state index in [0.717, 1.165) is 34.7 Å². The third-order valence-electron chi connectivity index (χ3n) is 4.71. The van der Waals surface area contributed by atoms with Crippen LogP contribution in [0.2, 0.25) is 5.02 Å². The van der Waals surface area contributed by atoms with Crippen molar-refractivity contribution in [3.8, 4) is 0 Å². The first-order chi connectivity index (χ1) is 12.6. The number of rotatable bonds is 3. The van der Waals surface area contributed by atoms with Crippen molar-refractivity contribution in [3.05, 3.63) is 65.2 Å². The Morgan fingerprint density at radius 2 is 1.62 bits per heavy atom. The molecule has 1 saturated heterocycles. The molecule has 132 valence electrons. The summed E-state index contributed by atoms with van der Waals surface area (Å²) >= 11 is 5.96. The predicted molar refractivity (Wildman–Crippen MR) is 105 cm³/mol. The number of piperazine rings is 1. The summed E-state index contributed by atoms with van der Waals surface area (Å²) in [7, 11) is 0. The van der Waals surface area contributed by atoms with Gasteiger partial charge in [0.25, 0.3) is 0 Å². The van der Waals surface area contributed by atoms with Gasteiger partial charge in [-0.05, 0) is 36.4 Å². The van der Waals surface area contributed by atoms with Crippen LogP contribution in [-0.2, 0) is 0 Å². The number of benzene rings is 2. The van der Waals surface area contributed by atoms with Crippen molar-refractivity contribution < 1.29 is 9.90 Å². The van der Waals surface area contributed by atoms with Crippen LogP contribution in [-0.4, -0.2) is 42.2 Å². The first-order valence-electron chi connectivity index (χ1n) is 8.50. The van der Waals surface area contributed by atoms with E-state index in [-0.39, 0.29) is 5.56 Å². The molecule has 0 aliphatic carbocycles. The molecule has 0 unspecified atom stereocenters. The lowest BCUT2D eigenvalue weighted by Crippen LogP contribution is -2.47. The van der Waals surface area contributed by atoms with E-state index in [4.69, 9.17) is 11.6 Å². The van der Waals surface area contributed by atoms with E-state index >= 15 is 0 Å². The van der Waals surface area contributed by atoms with Crippen LogP contribution >= 0.6 is 11.6 Å². The number of anilines is 2. The summed E-state index contributed by atoms with van der Waals surface area (Å²) < 4.78 is 0. The molecule has 0 atom stereocenters. The third kappa shape index (κ3) is 3.18. The fraction of sp³-hybridized carbons (Fsp3) is 0.200. The van der Waals surface area contributed by atoms with Gasteiger partial charge in [-0.3, -0.25) is 0 Å². The molecule has 1 N–H and O–H groups in total. The average molecular weight is 368 g/mol. The monoisotopic (exact) mass is 367 g/mol. The lowest BCUT2D eigenvalue weighted by Gasteiger charge is -2.37. The van der Waals surface area contributed by atoms with Crippen LogP contribution in [0.1, 0.15) is 10.4 Å². The van der Waals surface area contributed by atoms with Crippen LogP contribution < -0.4 is 9.80 Å². The minimum atomic E-state index is -0.946. The maximum atomic E-state index is 11.7. The zero-order valence-electron chi connectivity index (χ0n) is 14.1. The molecule has 1 aliphatic heterocycles. The van der Waals surface area contributed by atoms with E-state index in [1.807, 2.05) is 48.5 Å². The number of hydrogen-bond acceptors (Lipinski definition) is 4. The molecule has 6 heteroatoms. The molecule has 2 heterocycles. The van der Waals surface area contributed by atoms with Crippen LogP contribution in [0.15, 0.2) is 54.6 Å². The maximum Gasteiger partial charge on any atom is 0.339 e. The average Bonchev–Trinajstić information content (AvgIpc) is 2.67. The van der Waals surface area contributed by atoms with Gasteiger partial charge in [0.05, 0.1) is 5.52 Å². The van der Waals surface area contributed by atoms with Crippen LogP contribution in [0.4, 0.5) is 11.5 Å². The number of carboxylic acid groups (broad SMARTS) is 1. The van der Waals surface area contributed by atoms with Crippen molar-refractivity contribution in [1.82, 2.24) is 4.98 Å². The summed E-state index contributed by atoms with van der Waals surface area (Å²) in [6.07, 6.45) is 0. The normalized spacial score (nSPS) is 14.7. The van der Waals surface area contributed by atoms with Crippen molar-refractivity contribution >= 4 is 40.0 Å². The first kappa shape index (κ1) is 16.7. The minimum absolute atomic E-state index is 0.253. The highest BCUT2D eigenvalue weighted by molar-refractivity contribution is 6.30. The summed E-state index contributed by atoms with van der Waals surface area (Å²) in [5.74, 6) is -0.398. The maximum absolute atomic E-state index is 11.7. The van der Waals surface area contributed by atoms with E-state index in [9.17, 15) is 9.90 Å². The zero-order chi connectivity index (χ0) is 18.1. The Hall–Kier alpha value is -2.79. The predicted octanol–water partition coefficient (Wildman–Crippen LogP) is 3.91. The zero-order valence-corrected chi connectivity index (χ0v) is 14.9. The van der Waals surface area contributed by atoms with Crippen LogP contribution in [0.5, 0.6) is 0 Å². The number of aromatic nitrogens is 1. The Bertz CT molecular complexity index is 951. The molecule has 3 aromatic rings. The van der Waals surface area contributed by atoms with Gasteiger partial charge in [-0.25, -0.2) is 9.78 Å². The molecule has 1 aliphatic rings. The molecular formula is C20H18ClN3O2. The Balaban J connectivity index is 1.59. The van der Waals surface area contributed by atoms with Gasteiger partial charge in [-0.15, -0.1) is 0 Å². The van der Waals surface area contributed by atoms with Gasteiger partial charge < -0.3 is 14.9 Å². The topological polar surface area (TPSA) is 56.7 Å². The fourth-order valence-corrected chi connectivity index (χ4v) is 3.46. The van der Waals surface area contributed by atoms with E-state index in [0.29, 0.717) is 18.9 Å². The molecule has 0 saturated carbocycles. The lowest BCUT2D eigenvalue weighted by atomic mass is 10.1. The minimum Gasteiger partial charge on any atom is -0.478 e. The molecule has 0 amide bonds. The van der Waals surface area contributed by atoms with Gasteiger partial charge in [0.15, 0.2) is 0 Å². The molecule has 26 heavy (non-hydrogen) atoms. The van der Waals surface area contributed by atoms with Crippen molar-refractivity contribution in [2.75, 3.05) is 36.0 Å². The number of nitrogens with zero attached hydrogens (tertiary/aromatic N) is 3. The number of pyridine rings is 1. The molecule has 2 aromatic carbocycles. The van der Waals surface area contributed by atoms with Crippen molar-refractivity contribution in [2.45, 2.75) is 0 Å². The number of para-hydroxylation sites is 1. The Kier molecular flexibility index (Phi) is 4.39. The second kappa shape index (κ2) is 6.84. The molecule has 0 bridgehead atoms. The quantitative estimate of drug-likeness (QED) is 0.760. The molecule has 1 aromatic heterocycles. The van der Waals surface area contributed by atoms with Crippen LogP contribution in [0, 0.1) is 0 Å². The van der Waals surface area contributed by atoms with Crippen LogP contribution in [0.25, 0.3) is 10.9 Å². The Morgan fingerprint density at radius 1 is 0.962 bits per heavy atom. The summed E-state index contributed by atoms with van der Waals surface area (Å²) in [6, 6.07) is 17.1. The smallest absolute Gasteiger partial charge is 0.339 e. The highest BCUT2D eigenvalue weighted by Crippen LogP contribution is 2.26. The van der Waals surface area contributed by atoms with Gasteiger partial charge in [0, 0.05) is 42.3 Å². The second-order valence-corrected chi connectivity index (χ2v) is 6.74. The highest BCUT2D eigenvalue weighted by Gasteiger charge is 2.23. The van der Waals surface area contributed by atoms with Crippen molar-refractivity contribution in [2.24, 2.45) is 0 Å². The molecule has 5 nitrogen and oxygen atoms in total. The lowest BCUT2D eigenvalue weighted by molar-refractivity contribution is 0.0697. The van der Waals surface area contributed by atoms with Gasteiger partial charge in [0.2, 0.25) is 0 Å². The van der Waals surface area contributed by atoms with E-state index in [1.54, 1.807) is 6.07 Å². The van der Waals surface area contributed by atoms with E-state index in [2.05, 4.69) is 14.8 Å². The summed E-state index contributed by atoms with van der Waals surface area (Å²) in [6.45, 7) is 3.03. The van der Waals surface area contributed by atoms with Gasteiger partial charge in [-0.2, -0.15) is 0 Å². The SMILES string of the molecule is O=C(O)c1cc2ccccc2nc1N1CCN(c2ccc(Cl)cc2)CC1. The fourth-order valence-electron chi connectivity index (χ4n) is 3.33. The summed E-state index contributed by atoms with van der Waals surface area (Å²) in [4.78, 5) is 20.7. The largest absolute Gasteiger partial charge is 0.478 e. The number of fused-ring (bicyclic) bond motifs is 1. The van der Waals surface area contributed by atoms with Gasteiger partial charge in [0.1, 0.15) is 11.4 Å². The number of hydrogen-bond donors (Lipinski definition) is 1. The molecular weight excluding hydrogens is 350 g/mol. The molecule has 0 radical (unpaired) electrons. The Labute approximate surface area is 156 Å². The molecule has 0 spiro atoms. The van der Waals surface area contributed by atoms with Crippen LogP contribution in [0.3, 0.4) is 0 Å². The molecule has 1 fully saturated rings. The summed E-state index contributed by atoms with van der Waals surface area (Å²) in [5.41, 5.74) is 2.19. The first-order valence-corrected chi connectivity index (χ1v) is 8.88.